The highest BCUT2D eigenvalue weighted by Crippen LogP contribution is 2.48. The highest BCUT2D eigenvalue weighted by molar-refractivity contribution is 7.53. The number of halogens is 4. The second-order valence-corrected chi connectivity index (χ2v) is 11.2. The Kier molecular flexibility index (Phi) is 30.7. The molecule has 6 nitrogen and oxygen atoms in total. The number of benzene rings is 1. The molecule has 0 saturated heterocycles. The summed E-state index contributed by atoms with van der Waals surface area (Å²) in [5, 5.41) is 0.707. The third-order valence-electron chi connectivity index (χ3n) is 5.67. The van der Waals surface area contributed by atoms with E-state index in [1.165, 1.54) is 32.1 Å². The van der Waals surface area contributed by atoms with E-state index >= 15 is 0 Å². The zero-order valence-electron chi connectivity index (χ0n) is 21.9. The summed E-state index contributed by atoms with van der Waals surface area (Å²) < 4.78 is 25.4. The number of unbranched alkanes of at least 4 members (excludes halogenated alkanes) is 6. The van der Waals surface area contributed by atoms with Gasteiger partial charge in [0.15, 0.2) is 0 Å². The first-order chi connectivity index (χ1) is 16.0. The molecule has 0 fully saturated rings. The van der Waals surface area contributed by atoms with Gasteiger partial charge in [0.2, 0.25) is 0 Å². The van der Waals surface area contributed by atoms with E-state index in [9.17, 15) is 4.57 Å². The van der Waals surface area contributed by atoms with Crippen molar-refractivity contribution < 1.29 is 13.6 Å². The van der Waals surface area contributed by atoms with Crippen molar-refractivity contribution in [2.45, 2.75) is 71.1 Å². The molecule has 1 atom stereocenters. The second-order valence-electron chi connectivity index (χ2n) is 8.62. The number of nitrogens with zero attached hydrogens (tertiary/aromatic N) is 1. The molecule has 0 amide bonds. The van der Waals surface area contributed by atoms with Crippen LogP contribution in [0.15, 0.2) is 24.3 Å². The molecule has 36 heavy (non-hydrogen) atoms. The van der Waals surface area contributed by atoms with Gasteiger partial charge in [-0.05, 0) is 69.6 Å². The molecule has 0 radical (unpaired) electrons. The van der Waals surface area contributed by atoms with E-state index in [0.29, 0.717) is 50.5 Å². The van der Waals surface area contributed by atoms with Crippen molar-refractivity contribution in [3.63, 3.8) is 0 Å². The van der Waals surface area contributed by atoms with Crippen LogP contribution in [-0.4, -0.2) is 57.0 Å². The average molecular weight is 613 g/mol. The molecule has 0 aromatic heterocycles. The van der Waals surface area contributed by atoms with Gasteiger partial charge in [-0.1, -0.05) is 69.2 Å². The fourth-order valence-electron chi connectivity index (χ4n) is 3.61. The molecule has 1 unspecified atom stereocenters. The van der Waals surface area contributed by atoms with Crippen LogP contribution in [0.4, 0.5) is 0 Å². The fraction of sp³-hybridized carbons (Fsp3) is 0.760. The third-order valence-corrected chi connectivity index (χ3v) is 7.83. The maximum atomic E-state index is 13.5. The zero-order valence-corrected chi connectivity index (χ0v) is 26.0. The van der Waals surface area contributed by atoms with E-state index in [-0.39, 0.29) is 37.2 Å². The van der Waals surface area contributed by atoms with E-state index in [0.717, 1.165) is 44.3 Å². The molecular formula is C25H50Cl4N3O3P. The van der Waals surface area contributed by atoms with Crippen LogP contribution < -0.4 is 11.5 Å². The summed E-state index contributed by atoms with van der Waals surface area (Å²) in [7, 11) is -3.18. The Labute approximate surface area is 243 Å². The summed E-state index contributed by atoms with van der Waals surface area (Å²) >= 11 is 5.96. The molecule has 0 aliphatic carbocycles. The normalized spacial score (nSPS) is 12.4. The van der Waals surface area contributed by atoms with E-state index < -0.39 is 7.60 Å². The first-order valence-electron chi connectivity index (χ1n) is 12.8. The maximum absolute atomic E-state index is 13.5. The Morgan fingerprint density at radius 2 is 1.31 bits per heavy atom. The summed E-state index contributed by atoms with van der Waals surface area (Å²) in [4.78, 5) is 2.27. The van der Waals surface area contributed by atoms with E-state index in [2.05, 4.69) is 11.8 Å². The first kappa shape index (κ1) is 40.9. The Morgan fingerprint density at radius 1 is 0.778 bits per heavy atom. The van der Waals surface area contributed by atoms with Crippen molar-refractivity contribution in [2.75, 3.05) is 52.1 Å². The maximum Gasteiger partial charge on any atom is 0.331 e. The van der Waals surface area contributed by atoms with Crippen LogP contribution in [0.5, 0.6) is 0 Å². The quantitative estimate of drug-likeness (QED) is 0.107. The molecule has 0 aliphatic heterocycles. The number of hydrogen-bond acceptors (Lipinski definition) is 6. The van der Waals surface area contributed by atoms with E-state index in [1.807, 2.05) is 24.3 Å². The van der Waals surface area contributed by atoms with Gasteiger partial charge in [0.25, 0.3) is 0 Å². The van der Waals surface area contributed by atoms with Gasteiger partial charge in [-0.15, -0.1) is 37.2 Å². The molecule has 1 aromatic rings. The molecule has 0 aliphatic rings. The van der Waals surface area contributed by atoms with Gasteiger partial charge in [-0.25, -0.2) is 0 Å². The zero-order chi connectivity index (χ0) is 24.2. The van der Waals surface area contributed by atoms with Crippen molar-refractivity contribution in [1.29, 1.82) is 0 Å². The molecular weight excluding hydrogens is 563 g/mol. The lowest BCUT2D eigenvalue weighted by Gasteiger charge is -2.25. The second kappa shape index (κ2) is 27.0. The Morgan fingerprint density at radius 3 is 1.86 bits per heavy atom. The van der Waals surface area contributed by atoms with Crippen LogP contribution in [0, 0.1) is 0 Å². The largest absolute Gasteiger partial charge is 0.331 e. The number of hydrogen-bond donors (Lipinski definition) is 2. The van der Waals surface area contributed by atoms with Gasteiger partial charge >= 0.3 is 7.60 Å². The minimum absolute atomic E-state index is 0. The van der Waals surface area contributed by atoms with Crippen LogP contribution in [-0.2, 0) is 20.0 Å². The predicted molar refractivity (Wildman–Crippen MR) is 163 cm³/mol. The standard InChI is InChI=1S/C25H47ClN3O3P.3ClH/c1-2-3-4-5-6-7-8-21-31-33(30,23-20-29(18-9-16-27)19-10-17-28)32-22-15-24-11-13-25(26)14-12-24;;;/h11-14H,2-10,15-23,27-28H2,1H3;3*1H. The van der Waals surface area contributed by atoms with Crippen molar-refractivity contribution >= 4 is 56.4 Å². The average Bonchev–Trinajstić information content (AvgIpc) is 2.82. The summed E-state index contributed by atoms with van der Waals surface area (Å²) in [5.74, 6) is 0. The predicted octanol–water partition coefficient (Wildman–Crippen LogP) is 7.12. The topological polar surface area (TPSA) is 90.8 Å². The lowest BCUT2D eigenvalue weighted by atomic mass is 10.1. The number of rotatable bonds is 22. The lowest BCUT2D eigenvalue weighted by molar-refractivity contribution is 0.196. The fourth-order valence-corrected chi connectivity index (χ4v) is 5.38. The highest BCUT2D eigenvalue weighted by Gasteiger charge is 2.25. The van der Waals surface area contributed by atoms with Crippen LogP contribution in [0.25, 0.3) is 0 Å². The van der Waals surface area contributed by atoms with Gasteiger partial charge in [0, 0.05) is 11.6 Å². The molecule has 1 rings (SSSR count). The molecule has 0 bridgehead atoms. The minimum atomic E-state index is -3.18. The molecule has 11 heteroatoms. The SMILES string of the molecule is CCCCCCCCCOP(=O)(CCN(CCCN)CCCN)OCCc1ccc(Cl)cc1.Cl.Cl.Cl. The first-order valence-corrected chi connectivity index (χ1v) is 14.9. The van der Waals surface area contributed by atoms with Gasteiger partial charge in [0.05, 0.1) is 19.4 Å². The van der Waals surface area contributed by atoms with Crippen LogP contribution >= 0.6 is 56.4 Å². The molecule has 0 spiro atoms. The number of nitrogens with two attached hydrogens (primary N) is 2. The van der Waals surface area contributed by atoms with Gasteiger partial charge in [0.1, 0.15) is 0 Å². The Hall–Kier alpha value is 0.410. The summed E-state index contributed by atoms with van der Waals surface area (Å²) in [6.07, 6.45) is 11.2. The van der Waals surface area contributed by atoms with Crippen molar-refractivity contribution in [3.8, 4) is 0 Å². The van der Waals surface area contributed by atoms with Crippen molar-refractivity contribution in [3.05, 3.63) is 34.9 Å². The third kappa shape index (κ3) is 21.4. The summed E-state index contributed by atoms with van der Waals surface area (Å²) in [6.45, 7) is 6.77. The lowest BCUT2D eigenvalue weighted by Crippen LogP contribution is -2.31. The van der Waals surface area contributed by atoms with Crippen LogP contribution in [0.2, 0.25) is 5.02 Å². The monoisotopic (exact) mass is 611 g/mol. The molecule has 1 aromatic carbocycles. The van der Waals surface area contributed by atoms with Gasteiger partial charge < -0.3 is 25.4 Å². The molecule has 216 valence electrons. The highest BCUT2D eigenvalue weighted by atomic mass is 35.5. The Balaban J connectivity index is -0.00000363. The minimum Gasteiger partial charge on any atom is -0.330 e. The van der Waals surface area contributed by atoms with Crippen LogP contribution in [0.3, 0.4) is 0 Å². The van der Waals surface area contributed by atoms with Gasteiger partial charge in [-0.2, -0.15) is 0 Å². The van der Waals surface area contributed by atoms with Crippen LogP contribution in [0.1, 0.15) is 70.3 Å². The molecule has 0 heterocycles. The summed E-state index contributed by atoms with van der Waals surface area (Å²) in [5.41, 5.74) is 12.5. The van der Waals surface area contributed by atoms with E-state index in [4.69, 9.17) is 32.1 Å². The van der Waals surface area contributed by atoms with Crippen molar-refractivity contribution in [2.24, 2.45) is 11.5 Å². The smallest absolute Gasteiger partial charge is 0.330 e. The summed E-state index contributed by atoms with van der Waals surface area (Å²) in [6, 6.07) is 7.66. The molecule has 4 N–H and O–H groups in total. The van der Waals surface area contributed by atoms with E-state index in [1.54, 1.807) is 0 Å². The van der Waals surface area contributed by atoms with Crippen molar-refractivity contribution in [1.82, 2.24) is 4.90 Å². The van der Waals surface area contributed by atoms with Gasteiger partial charge in [-0.3, -0.25) is 4.57 Å². The molecule has 0 saturated carbocycles. The Bertz CT molecular complexity index is 637.